The smallest absolute Gasteiger partial charge is 0.319 e. The highest BCUT2D eigenvalue weighted by atomic mass is 19.2. The van der Waals surface area contributed by atoms with Crippen molar-refractivity contribution in [1.82, 2.24) is 5.32 Å². The largest absolute Gasteiger partial charge is 0.329 e. The third kappa shape index (κ3) is 4.97. The summed E-state index contributed by atoms with van der Waals surface area (Å²) >= 11 is 0. The Labute approximate surface area is 146 Å². The first kappa shape index (κ1) is 18.8. The summed E-state index contributed by atoms with van der Waals surface area (Å²) in [5, 5.41) is 17.7. The van der Waals surface area contributed by atoms with Gasteiger partial charge in [0, 0.05) is 23.9 Å². The van der Waals surface area contributed by atoms with Gasteiger partial charge in [-0.25, -0.2) is 13.6 Å². The highest BCUT2D eigenvalue weighted by Crippen LogP contribution is 2.21. The quantitative estimate of drug-likeness (QED) is 0.559. The third-order valence-electron chi connectivity index (χ3n) is 3.29. The van der Waals surface area contributed by atoms with Crippen molar-refractivity contribution in [2.45, 2.75) is 6.92 Å². The van der Waals surface area contributed by atoms with Gasteiger partial charge in [-0.2, -0.15) is 0 Å². The van der Waals surface area contributed by atoms with Crippen LogP contribution in [0.25, 0.3) is 0 Å². The number of hydrogen-bond acceptors (Lipinski definition) is 4. The summed E-state index contributed by atoms with van der Waals surface area (Å²) in [7, 11) is 0. The number of halogens is 2. The molecular weight excluding hydrogens is 350 g/mol. The van der Waals surface area contributed by atoms with Crippen LogP contribution in [0.1, 0.15) is 5.56 Å². The molecule has 26 heavy (non-hydrogen) atoms. The zero-order valence-corrected chi connectivity index (χ0v) is 13.5. The van der Waals surface area contributed by atoms with Gasteiger partial charge >= 0.3 is 6.03 Å². The zero-order chi connectivity index (χ0) is 19.3. The Morgan fingerprint density at radius 1 is 1.08 bits per heavy atom. The molecule has 0 unspecified atom stereocenters. The molecule has 3 N–H and O–H groups in total. The van der Waals surface area contributed by atoms with Crippen LogP contribution in [0, 0.1) is 28.7 Å². The Hall–Kier alpha value is -3.56. The van der Waals surface area contributed by atoms with Gasteiger partial charge in [0.2, 0.25) is 5.91 Å². The van der Waals surface area contributed by atoms with Crippen molar-refractivity contribution in [2.24, 2.45) is 0 Å². The molecule has 2 rings (SSSR count). The summed E-state index contributed by atoms with van der Waals surface area (Å²) in [5.41, 5.74) is 0.655. The summed E-state index contributed by atoms with van der Waals surface area (Å²) in [6.45, 7) is 1.20. The Bertz CT molecular complexity index is 873. The second kappa shape index (κ2) is 8.01. The minimum Gasteiger partial charge on any atom is -0.329 e. The van der Waals surface area contributed by atoms with Crippen LogP contribution >= 0.6 is 0 Å². The molecule has 0 bridgehead atoms. The van der Waals surface area contributed by atoms with Crippen LogP contribution in [0.3, 0.4) is 0 Å². The number of nitro benzene ring substituents is 1. The first-order valence-corrected chi connectivity index (χ1v) is 7.31. The minimum atomic E-state index is -1.12. The third-order valence-corrected chi connectivity index (χ3v) is 3.29. The second-order valence-electron chi connectivity index (χ2n) is 5.24. The van der Waals surface area contributed by atoms with Crippen LogP contribution in [0.2, 0.25) is 0 Å². The van der Waals surface area contributed by atoms with Crippen LogP contribution in [0.15, 0.2) is 36.4 Å². The standard InChI is InChI=1S/C16H14F2N4O4/c1-9-2-4-11(22(25)26)7-14(9)21-16(24)19-8-15(23)20-10-3-5-12(17)13(18)6-10/h2-7H,8H2,1H3,(H,20,23)(H2,19,21,24). The molecular formula is C16H14F2N4O4. The maximum absolute atomic E-state index is 13.1. The summed E-state index contributed by atoms with van der Waals surface area (Å²) in [6.07, 6.45) is 0. The lowest BCUT2D eigenvalue weighted by Gasteiger charge is -2.10. The minimum absolute atomic E-state index is 0.0330. The lowest BCUT2D eigenvalue weighted by molar-refractivity contribution is -0.384. The SMILES string of the molecule is Cc1ccc([N+](=O)[O-])cc1NC(=O)NCC(=O)Nc1ccc(F)c(F)c1. The second-order valence-corrected chi connectivity index (χ2v) is 5.24. The highest BCUT2D eigenvalue weighted by Gasteiger charge is 2.12. The maximum Gasteiger partial charge on any atom is 0.319 e. The van der Waals surface area contributed by atoms with Gasteiger partial charge in [-0.3, -0.25) is 14.9 Å². The predicted octanol–water partition coefficient (Wildman–Crippen LogP) is 2.94. The number of hydrogen-bond donors (Lipinski definition) is 3. The van der Waals surface area contributed by atoms with E-state index >= 15 is 0 Å². The van der Waals surface area contributed by atoms with E-state index in [9.17, 15) is 28.5 Å². The van der Waals surface area contributed by atoms with Gasteiger partial charge in [-0.1, -0.05) is 6.07 Å². The molecule has 0 aliphatic rings. The lowest BCUT2D eigenvalue weighted by Crippen LogP contribution is -2.36. The maximum atomic E-state index is 13.1. The van der Waals surface area contributed by atoms with Gasteiger partial charge in [-0.05, 0) is 24.6 Å². The van der Waals surface area contributed by atoms with E-state index in [0.29, 0.717) is 5.56 Å². The molecule has 0 aliphatic heterocycles. The van der Waals surface area contributed by atoms with Gasteiger partial charge < -0.3 is 16.0 Å². The van der Waals surface area contributed by atoms with Crippen LogP contribution in [0.5, 0.6) is 0 Å². The number of carbonyl (C=O) groups is 2. The molecule has 0 aromatic heterocycles. The van der Waals surface area contributed by atoms with Crippen molar-refractivity contribution in [3.8, 4) is 0 Å². The number of rotatable bonds is 5. The molecule has 0 spiro atoms. The average Bonchev–Trinajstić information content (AvgIpc) is 2.58. The van der Waals surface area contributed by atoms with E-state index in [1.165, 1.54) is 24.3 Å². The molecule has 0 fully saturated rings. The van der Waals surface area contributed by atoms with Gasteiger partial charge in [0.05, 0.1) is 17.2 Å². The van der Waals surface area contributed by atoms with E-state index in [2.05, 4.69) is 16.0 Å². The Kier molecular flexibility index (Phi) is 5.78. The Balaban J connectivity index is 1.90. The molecule has 2 aromatic carbocycles. The van der Waals surface area contributed by atoms with E-state index in [4.69, 9.17) is 0 Å². The molecule has 8 nitrogen and oxygen atoms in total. The number of carbonyl (C=O) groups excluding carboxylic acids is 2. The van der Waals surface area contributed by atoms with Crippen molar-refractivity contribution < 1.29 is 23.3 Å². The van der Waals surface area contributed by atoms with E-state index < -0.39 is 35.0 Å². The van der Waals surface area contributed by atoms with Crippen LogP contribution < -0.4 is 16.0 Å². The van der Waals surface area contributed by atoms with Crippen molar-refractivity contribution in [1.29, 1.82) is 0 Å². The molecule has 10 heteroatoms. The van der Waals surface area contributed by atoms with E-state index in [0.717, 1.165) is 12.1 Å². The molecule has 0 saturated heterocycles. The Morgan fingerprint density at radius 2 is 1.81 bits per heavy atom. The number of benzene rings is 2. The number of nitrogens with zero attached hydrogens (tertiary/aromatic N) is 1. The van der Waals surface area contributed by atoms with Gasteiger partial charge in [0.15, 0.2) is 11.6 Å². The average molecular weight is 364 g/mol. The Morgan fingerprint density at radius 3 is 2.46 bits per heavy atom. The fourth-order valence-corrected chi connectivity index (χ4v) is 1.96. The monoisotopic (exact) mass is 364 g/mol. The molecule has 136 valence electrons. The van der Waals surface area contributed by atoms with Crippen LogP contribution in [-0.2, 0) is 4.79 Å². The summed E-state index contributed by atoms with van der Waals surface area (Å²) in [4.78, 5) is 33.7. The molecule has 2 aromatic rings. The van der Waals surface area contributed by atoms with Gasteiger partial charge in [0.25, 0.3) is 5.69 Å². The van der Waals surface area contributed by atoms with E-state index in [-0.39, 0.29) is 17.1 Å². The van der Waals surface area contributed by atoms with Crippen molar-refractivity contribution in [3.05, 3.63) is 63.7 Å². The summed E-state index contributed by atoms with van der Waals surface area (Å²) in [6, 6.07) is 6.04. The lowest BCUT2D eigenvalue weighted by atomic mass is 10.2. The fraction of sp³-hybridized carbons (Fsp3) is 0.125. The van der Waals surface area contributed by atoms with Crippen molar-refractivity contribution >= 4 is 29.0 Å². The van der Waals surface area contributed by atoms with Crippen LogP contribution in [-0.4, -0.2) is 23.4 Å². The number of anilines is 2. The molecule has 3 amide bonds. The summed E-state index contributed by atoms with van der Waals surface area (Å²) in [5.74, 6) is -2.83. The molecule has 0 saturated carbocycles. The summed E-state index contributed by atoms with van der Waals surface area (Å²) < 4.78 is 25.9. The highest BCUT2D eigenvalue weighted by molar-refractivity contribution is 5.97. The van der Waals surface area contributed by atoms with Gasteiger partial charge in [-0.15, -0.1) is 0 Å². The number of nitro groups is 1. The van der Waals surface area contributed by atoms with Crippen LogP contribution in [0.4, 0.5) is 30.6 Å². The van der Waals surface area contributed by atoms with Gasteiger partial charge in [0.1, 0.15) is 0 Å². The first-order chi connectivity index (χ1) is 12.3. The fourth-order valence-electron chi connectivity index (χ4n) is 1.96. The predicted molar refractivity (Wildman–Crippen MR) is 89.8 cm³/mol. The number of urea groups is 1. The van der Waals surface area contributed by atoms with E-state index in [1.807, 2.05) is 0 Å². The number of non-ortho nitro benzene ring substituents is 1. The molecule has 0 heterocycles. The first-order valence-electron chi connectivity index (χ1n) is 7.31. The number of aryl methyl sites for hydroxylation is 1. The molecule has 0 aliphatic carbocycles. The topological polar surface area (TPSA) is 113 Å². The number of amides is 3. The molecule has 0 radical (unpaired) electrons. The zero-order valence-electron chi connectivity index (χ0n) is 13.5. The number of nitrogens with one attached hydrogen (secondary N) is 3. The van der Waals surface area contributed by atoms with Crippen molar-refractivity contribution in [2.75, 3.05) is 17.2 Å². The molecule has 0 atom stereocenters. The normalized spacial score (nSPS) is 10.1. The van der Waals surface area contributed by atoms with Crippen molar-refractivity contribution in [3.63, 3.8) is 0 Å². The van der Waals surface area contributed by atoms with E-state index in [1.54, 1.807) is 6.92 Å².